The minimum absolute atomic E-state index is 0.127. The standard InChI is InChI=1S/C12H12ClIN2S/c13-12-6-5-10(17-12)7-11(16-15)8-1-3-9(14)4-2-8/h1-6,11,16H,7,15H2. The summed E-state index contributed by atoms with van der Waals surface area (Å²) in [6, 6.07) is 12.5. The van der Waals surface area contributed by atoms with E-state index in [9.17, 15) is 0 Å². The molecule has 3 N–H and O–H groups in total. The molecule has 0 aliphatic carbocycles. The van der Waals surface area contributed by atoms with Crippen LogP contribution in [-0.4, -0.2) is 0 Å². The van der Waals surface area contributed by atoms with Crippen LogP contribution in [0.25, 0.3) is 0 Å². The zero-order chi connectivity index (χ0) is 12.3. The lowest BCUT2D eigenvalue weighted by Crippen LogP contribution is -2.29. The van der Waals surface area contributed by atoms with Crippen molar-refractivity contribution in [2.45, 2.75) is 12.5 Å². The zero-order valence-electron chi connectivity index (χ0n) is 8.99. The smallest absolute Gasteiger partial charge is 0.0931 e. The molecule has 1 heterocycles. The molecule has 0 aliphatic rings. The molecule has 0 radical (unpaired) electrons. The molecule has 2 rings (SSSR count). The first-order chi connectivity index (χ1) is 8.19. The van der Waals surface area contributed by atoms with Crippen LogP contribution in [0, 0.1) is 3.57 Å². The summed E-state index contributed by atoms with van der Waals surface area (Å²) in [5.41, 5.74) is 4.05. The second-order valence-electron chi connectivity index (χ2n) is 3.68. The molecule has 1 unspecified atom stereocenters. The number of rotatable bonds is 4. The van der Waals surface area contributed by atoms with Crippen LogP contribution in [0.4, 0.5) is 0 Å². The van der Waals surface area contributed by atoms with Crippen molar-refractivity contribution < 1.29 is 0 Å². The fraction of sp³-hybridized carbons (Fsp3) is 0.167. The van der Waals surface area contributed by atoms with Crippen LogP contribution >= 0.6 is 45.5 Å². The summed E-state index contributed by atoms with van der Waals surface area (Å²) in [6.07, 6.45) is 0.856. The van der Waals surface area contributed by atoms with Crippen LogP contribution < -0.4 is 11.3 Å². The van der Waals surface area contributed by atoms with E-state index >= 15 is 0 Å². The highest BCUT2D eigenvalue weighted by atomic mass is 127. The van der Waals surface area contributed by atoms with Gasteiger partial charge in [0.15, 0.2) is 0 Å². The Morgan fingerprint density at radius 2 is 1.94 bits per heavy atom. The first-order valence-electron chi connectivity index (χ1n) is 5.15. The highest BCUT2D eigenvalue weighted by Crippen LogP contribution is 2.26. The van der Waals surface area contributed by atoms with Gasteiger partial charge in [0.1, 0.15) is 0 Å². The van der Waals surface area contributed by atoms with Crippen molar-refractivity contribution in [3.63, 3.8) is 0 Å². The topological polar surface area (TPSA) is 38.0 Å². The van der Waals surface area contributed by atoms with Gasteiger partial charge in [-0.3, -0.25) is 11.3 Å². The molecule has 5 heteroatoms. The second kappa shape index (κ2) is 6.15. The molecular formula is C12H12ClIN2S. The molecule has 2 aromatic rings. The van der Waals surface area contributed by atoms with Gasteiger partial charge in [-0.2, -0.15) is 0 Å². The van der Waals surface area contributed by atoms with Crippen molar-refractivity contribution in [1.29, 1.82) is 0 Å². The number of hydrogen-bond donors (Lipinski definition) is 2. The van der Waals surface area contributed by atoms with E-state index in [0.717, 1.165) is 10.8 Å². The van der Waals surface area contributed by atoms with Crippen LogP contribution in [0.1, 0.15) is 16.5 Å². The third-order valence-corrected chi connectivity index (χ3v) is 4.48. The average molecular weight is 379 g/mol. The Balaban J connectivity index is 2.13. The van der Waals surface area contributed by atoms with Crippen LogP contribution in [0.3, 0.4) is 0 Å². The Kier molecular flexibility index (Phi) is 4.81. The van der Waals surface area contributed by atoms with Gasteiger partial charge in [-0.05, 0) is 52.4 Å². The number of benzene rings is 1. The lowest BCUT2D eigenvalue weighted by atomic mass is 10.0. The van der Waals surface area contributed by atoms with Crippen molar-refractivity contribution in [3.8, 4) is 0 Å². The van der Waals surface area contributed by atoms with E-state index in [1.165, 1.54) is 14.0 Å². The Morgan fingerprint density at radius 3 is 2.47 bits per heavy atom. The first-order valence-corrected chi connectivity index (χ1v) is 7.42. The molecule has 0 aliphatic heterocycles. The van der Waals surface area contributed by atoms with E-state index in [-0.39, 0.29) is 6.04 Å². The molecule has 1 aromatic carbocycles. The van der Waals surface area contributed by atoms with Gasteiger partial charge in [0.05, 0.1) is 10.4 Å². The molecule has 90 valence electrons. The monoisotopic (exact) mass is 378 g/mol. The normalized spacial score (nSPS) is 12.6. The quantitative estimate of drug-likeness (QED) is 0.483. The summed E-state index contributed by atoms with van der Waals surface area (Å²) in [4.78, 5) is 1.23. The predicted molar refractivity (Wildman–Crippen MR) is 82.3 cm³/mol. The fourth-order valence-corrected chi connectivity index (χ4v) is 3.12. The van der Waals surface area contributed by atoms with E-state index in [2.05, 4.69) is 52.3 Å². The summed E-state index contributed by atoms with van der Waals surface area (Å²) in [5.74, 6) is 5.62. The summed E-state index contributed by atoms with van der Waals surface area (Å²) >= 11 is 9.81. The van der Waals surface area contributed by atoms with E-state index in [0.29, 0.717) is 0 Å². The maximum absolute atomic E-state index is 5.92. The number of nitrogens with two attached hydrogens (primary N) is 1. The molecule has 0 fully saturated rings. The van der Waals surface area contributed by atoms with Crippen LogP contribution in [0.15, 0.2) is 36.4 Å². The van der Waals surface area contributed by atoms with Gasteiger partial charge in [0, 0.05) is 14.9 Å². The van der Waals surface area contributed by atoms with Crippen molar-refractivity contribution in [2.75, 3.05) is 0 Å². The zero-order valence-corrected chi connectivity index (χ0v) is 12.7. The van der Waals surface area contributed by atoms with E-state index in [1.807, 2.05) is 12.1 Å². The molecule has 17 heavy (non-hydrogen) atoms. The Bertz CT molecular complexity index is 484. The fourth-order valence-electron chi connectivity index (χ4n) is 1.63. The molecular weight excluding hydrogens is 367 g/mol. The number of hydrogen-bond acceptors (Lipinski definition) is 3. The molecule has 1 aromatic heterocycles. The number of halogens is 2. The summed E-state index contributed by atoms with van der Waals surface area (Å²) in [6.45, 7) is 0. The Labute approximate surface area is 123 Å². The molecule has 2 nitrogen and oxygen atoms in total. The van der Waals surface area contributed by atoms with Crippen LogP contribution in [0.2, 0.25) is 4.34 Å². The van der Waals surface area contributed by atoms with Crippen molar-refractivity contribution in [1.82, 2.24) is 5.43 Å². The SMILES string of the molecule is NNC(Cc1ccc(Cl)s1)c1ccc(I)cc1. The summed E-state index contributed by atoms with van der Waals surface area (Å²) in [5, 5.41) is 0. The number of thiophene rings is 1. The third-order valence-electron chi connectivity index (χ3n) is 2.51. The van der Waals surface area contributed by atoms with Crippen LogP contribution in [0.5, 0.6) is 0 Å². The highest BCUT2D eigenvalue weighted by Gasteiger charge is 2.11. The average Bonchev–Trinajstić information content (AvgIpc) is 2.73. The van der Waals surface area contributed by atoms with Gasteiger partial charge in [-0.15, -0.1) is 11.3 Å². The number of hydrazine groups is 1. The van der Waals surface area contributed by atoms with Crippen molar-refractivity contribution in [2.24, 2.45) is 5.84 Å². The largest absolute Gasteiger partial charge is 0.271 e. The maximum Gasteiger partial charge on any atom is 0.0931 e. The predicted octanol–water partition coefficient (Wildman–Crippen LogP) is 3.75. The van der Waals surface area contributed by atoms with Crippen LogP contribution in [-0.2, 0) is 6.42 Å². The van der Waals surface area contributed by atoms with Gasteiger partial charge in [0.2, 0.25) is 0 Å². The minimum Gasteiger partial charge on any atom is -0.271 e. The van der Waals surface area contributed by atoms with E-state index < -0.39 is 0 Å². The van der Waals surface area contributed by atoms with Gasteiger partial charge in [-0.1, -0.05) is 23.7 Å². The summed E-state index contributed by atoms with van der Waals surface area (Å²) < 4.78 is 2.04. The second-order valence-corrected chi connectivity index (χ2v) is 6.73. The Morgan fingerprint density at radius 1 is 1.24 bits per heavy atom. The van der Waals surface area contributed by atoms with Gasteiger partial charge in [0.25, 0.3) is 0 Å². The van der Waals surface area contributed by atoms with Gasteiger partial charge < -0.3 is 0 Å². The van der Waals surface area contributed by atoms with Gasteiger partial charge in [-0.25, -0.2) is 0 Å². The number of nitrogens with one attached hydrogen (secondary N) is 1. The Hall–Kier alpha value is -0.140. The lowest BCUT2D eigenvalue weighted by Gasteiger charge is -2.15. The molecule has 1 atom stereocenters. The third kappa shape index (κ3) is 3.66. The maximum atomic E-state index is 5.92. The molecule has 0 spiro atoms. The minimum atomic E-state index is 0.127. The first kappa shape index (κ1) is 13.3. The molecule has 0 bridgehead atoms. The van der Waals surface area contributed by atoms with Gasteiger partial charge >= 0.3 is 0 Å². The van der Waals surface area contributed by atoms with E-state index in [4.69, 9.17) is 17.4 Å². The van der Waals surface area contributed by atoms with E-state index in [1.54, 1.807) is 11.3 Å². The van der Waals surface area contributed by atoms with Crippen molar-refractivity contribution >= 4 is 45.5 Å². The molecule has 0 saturated carbocycles. The molecule has 0 amide bonds. The van der Waals surface area contributed by atoms with Crippen molar-refractivity contribution in [3.05, 3.63) is 54.7 Å². The highest BCUT2D eigenvalue weighted by molar-refractivity contribution is 14.1. The molecule has 0 saturated heterocycles. The summed E-state index contributed by atoms with van der Waals surface area (Å²) in [7, 11) is 0. The lowest BCUT2D eigenvalue weighted by molar-refractivity contribution is 0.555.